The summed E-state index contributed by atoms with van der Waals surface area (Å²) in [6.45, 7) is 0. The molecule has 1 amide bonds. The zero-order valence-corrected chi connectivity index (χ0v) is 8.20. The van der Waals surface area contributed by atoms with Crippen molar-refractivity contribution in [2.24, 2.45) is 0 Å². The molecule has 0 saturated heterocycles. The Bertz CT molecular complexity index is 221. The highest BCUT2D eigenvalue weighted by molar-refractivity contribution is 5.67. The van der Waals surface area contributed by atoms with Crippen LogP contribution in [-0.4, -0.2) is 64.1 Å². The average Bonchev–Trinajstić information content (AvgIpc) is 2.21. The van der Waals surface area contributed by atoms with Crippen molar-refractivity contribution in [2.45, 2.75) is 36.9 Å². The van der Waals surface area contributed by atoms with E-state index in [-0.39, 0.29) is 6.42 Å². The van der Waals surface area contributed by atoms with Crippen LogP contribution in [0.5, 0.6) is 0 Å². The topological polar surface area (TPSA) is 119 Å². The van der Waals surface area contributed by atoms with Gasteiger partial charge in [0.2, 0.25) is 0 Å². The van der Waals surface area contributed by atoms with Gasteiger partial charge in [0.25, 0.3) is 0 Å². The van der Waals surface area contributed by atoms with Gasteiger partial charge in [0.05, 0.1) is 12.2 Å². The molecular formula is C8H15NO6. The Balaban J connectivity index is 2.69. The maximum Gasteiger partial charge on any atom is 0.407 e. The highest BCUT2D eigenvalue weighted by atomic mass is 16.6. The fraction of sp³-hybridized carbons (Fsp3) is 0.875. The summed E-state index contributed by atoms with van der Waals surface area (Å²) in [6.07, 6.45) is -7.59. The van der Waals surface area contributed by atoms with Crippen LogP contribution in [0.15, 0.2) is 0 Å². The third-order valence-electron chi connectivity index (χ3n) is 2.39. The van der Waals surface area contributed by atoms with Crippen molar-refractivity contribution in [1.29, 1.82) is 0 Å². The largest absolute Gasteiger partial charge is 0.440 e. The number of nitrogens with one attached hydrogen (secondary N) is 1. The molecular weight excluding hydrogens is 206 g/mol. The summed E-state index contributed by atoms with van der Waals surface area (Å²) in [5.41, 5.74) is 0. The highest BCUT2D eigenvalue weighted by Gasteiger charge is 2.44. The molecule has 88 valence electrons. The van der Waals surface area contributed by atoms with E-state index in [0.29, 0.717) is 0 Å². The van der Waals surface area contributed by atoms with Crippen LogP contribution >= 0.6 is 0 Å². The SMILES string of the molecule is CNC(=O)OC1[C@H](O)C(O)C[C@H](O)[C@H]1O. The van der Waals surface area contributed by atoms with Crippen molar-refractivity contribution in [3.05, 3.63) is 0 Å². The molecule has 5 N–H and O–H groups in total. The summed E-state index contributed by atoms with van der Waals surface area (Å²) in [4.78, 5) is 10.9. The number of aliphatic hydroxyl groups is 4. The molecule has 7 nitrogen and oxygen atoms in total. The van der Waals surface area contributed by atoms with E-state index in [1.54, 1.807) is 0 Å². The van der Waals surface area contributed by atoms with Crippen LogP contribution < -0.4 is 5.32 Å². The lowest BCUT2D eigenvalue weighted by molar-refractivity contribution is -0.176. The van der Waals surface area contributed by atoms with E-state index in [1.165, 1.54) is 7.05 Å². The van der Waals surface area contributed by atoms with E-state index in [4.69, 9.17) is 0 Å². The van der Waals surface area contributed by atoms with Crippen molar-refractivity contribution < 1.29 is 30.0 Å². The Labute approximate surface area is 86.3 Å². The minimum Gasteiger partial charge on any atom is -0.440 e. The van der Waals surface area contributed by atoms with Crippen molar-refractivity contribution >= 4 is 6.09 Å². The van der Waals surface area contributed by atoms with Gasteiger partial charge < -0.3 is 30.5 Å². The Morgan fingerprint density at radius 2 is 1.67 bits per heavy atom. The minimum absolute atomic E-state index is 0.157. The van der Waals surface area contributed by atoms with Crippen LogP contribution in [0.1, 0.15) is 6.42 Å². The van der Waals surface area contributed by atoms with E-state index >= 15 is 0 Å². The summed E-state index contributed by atoms with van der Waals surface area (Å²) in [7, 11) is 1.32. The first-order chi connectivity index (χ1) is 6.97. The summed E-state index contributed by atoms with van der Waals surface area (Å²) in [5.74, 6) is 0. The van der Waals surface area contributed by atoms with Crippen molar-refractivity contribution in [3.63, 3.8) is 0 Å². The van der Waals surface area contributed by atoms with E-state index in [1.807, 2.05) is 0 Å². The van der Waals surface area contributed by atoms with Gasteiger partial charge in [-0.1, -0.05) is 0 Å². The molecule has 2 unspecified atom stereocenters. The lowest BCUT2D eigenvalue weighted by Crippen LogP contribution is -2.57. The van der Waals surface area contributed by atoms with Crippen LogP contribution in [0.4, 0.5) is 4.79 Å². The summed E-state index contributed by atoms with van der Waals surface area (Å²) >= 11 is 0. The van der Waals surface area contributed by atoms with Crippen molar-refractivity contribution in [3.8, 4) is 0 Å². The van der Waals surface area contributed by atoms with Crippen molar-refractivity contribution in [1.82, 2.24) is 5.32 Å². The van der Waals surface area contributed by atoms with Crippen molar-refractivity contribution in [2.75, 3.05) is 7.05 Å². The molecule has 1 aliphatic rings. The normalized spacial score (nSPS) is 41.0. The molecule has 5 atom stereocenters. The third-order valence-corrected chi connectivity index (χ3v) is 2.39. The molecule has 0 aliphatic heterocycles. The number of aliphatic hydroxyl groups excluding tert-OH is 4. The second-order valence-electron chi connectivity index (χ2n) is 3.47. The molecule has 15 heavy (non-hydrogen) atoms. The maximum atomic E-state index is 10.9. The number of rotatable bonds is 1. The molecule has 0 heterocycles. The van der Waals surface area contributed by atoms with Gasteiger partial charge in [-0.25, -0.2) is 4.79 Å². The Hall–Kier alpha value is -0.890. The number of carbonyl (C=O) groups excluding carboxylic acids is 1. The zero-order chi connectivity index (χ0) is 11.6. The van der Waals surface area contributed by atoms with Crippen LogP contribution in [-0.2, 0) is 4.74 Å². The zero-order valence-electron chi connectivity index (χ0n) is 8.20. The molecule has 0 bridgehead atoms. The number of hydrogen-bond donors (Lipinski definition) is 5. The van der Waals surface area contributed by atoms with Gasteiger partial charge in [-0.3, -0.25) is 0 Å². The van der Waals surface area contributed by atoms with Gasteiger partial charge in [-0.15, -0.1) is 0 Å². The number of amides is 1. The first-order valence-corrected chi connectivity index (χ1v) is 4.58. The van der Waals surface area contributed by atoms with Crippen LogP contribution in [0.3, 0.4) is 0 Å². The molecule has 0 aromatic heterocycles. The molecule has 0 radical (unpaired) electrons. The Morgan fingerprint density at radius 3 is 2.07 bits per heavy atom. The monoisotopic (exact) mass is 221 g/mol. The average molecular weight is 221 g/mol. The Kier molecular flexibility index (Phi) is 3.86. The summed E-state index contributed by atoms with van der Waals surface area (Å²) in [5, 5.41) is 39.6. The number of ether oxygens (including phenoxy) is 1. The standard InChI is InChI=1S/C8H15NO6/c1-9-8(14)15-7-5(12)3(10)2-4(11)6(7)13/h3-7,10-13H,2H2,1H3,(H,9,14)/t3-,4?,5+,6+,7?/m0/s1. The van der Waals surface area contributed by atoms with Gasteiger partial charge in [0, 0.05) is 13.5 Å². The fourth-order valence-electron chi connectivity index (χ4n) is 1.49. The number of hydrogen-bond acceptors (Lipinski definition) is 6. The summed E-state index contributed by atoms with van der Waals surface area (Å²) < 4.78 is 4.64. The number of alkyl carbamates (subject to hydrolysis) is 1. The second kappa shape index (κ2) is 4.75. The smallest absolute Gasteiger partial charge is 0.407 e. The van der Waals surface area contributed by atoms with E-state index < -0.39 is 36.6 Å². The molecule has 0 spiro atoms. The third kappa shape index (κ3) is 2.57. The summed E-state index contributed by atoms with van der Waals surface area (Å²) in [6, 6.07) is 0. The fourth-order valence-corrected chi connectivity index (χ4v) is 1.49. The van der Waals surface area contributed by atoms with Gasteiger partial charge in [0.1, 0.15) is 12.2 Å². The molecule has 0 aromatic carbocycles. The van der Waals surface area contributed by atoms with E-state index in [9.17, 15) is 25.2 Å². The van der Waals surface area contributed by atoms with E-state index in [0.717, 1.165) is 0 Å². The van der Waals surface area contributed by atoms with Crippen LogP contribution in [0, 0.1) is 0 Å². The lowest BCUT2D eigenvalue weighted by Gasteiger charge is -2.37. The first kappa shape index (κ1) is 12.2. The van der Waals surface area contributed by atoms with Gasteiger partial charge in [0.15, 0.2) is 6.10 Å². The number of carbonyl (C=O) groups is 1. The highest BCUT2D eigenvalue weighted by Crippen LogP contribution is 2.23. The van der Waals surface area contributed by atoms with E-state index in [2.05, 4.69) is 10.1 Å². The van der Waals surface area contributed by atoms with Crippen LogP contribution in [0.25, 0.3) is 0 Å². The Morgan fingerprint density at radius 1 is 1.20 bits per heavy atom. The second-order valence-corrected chi connectivity index (χ2v) is 3.47. The maximum absolute atomic E-state index is 10.9. The molecule has 7 heteroatoms. The van der Waals surface area contributed by atoms with Gasteiger partial charge >= 0.3 is 6.09 Å². The predicted octanol–water partition coefficient (Wildman–Crippen LogP) is -2.44. The molecule has 1 rings (SSSR count). The first-order valence-electron chi connectivity index (χ1n) is 4.58. The molecule has 1 saturated carbocycles. The minimum atomic E-state index is -1.40. The quantitative estimate of drug-likeness (QED) is 0.335. The molecule has 0 aromatic rings. The molecule has 1 aliphatic carbocycles. The molecule has 1 fully saturated rings. The predicted molar refractivity (Wildman–Crippen MR) is 48.0 cm³/mol. The van der Waals surface area contributed by atoms with Crippen LogP contribution in [0.2, 0.25) is 0 Å². The lowest BCUT2D eigenvalue weighted by atomic mass is 9.87. The van der Waals surface area contributed by atoms with Gasteiger partial charge in [-0.05, 0) is 0 Å². The van der Waals surface area contributed by atoms with Gasteiger partial charge in [-0.2, -0.15) is 0 Å².